The maximum absolute atomic E-state index is 10.8. The van der Waals surface area contributed by atoms with Crippen LogP contribution in [-0.4, -0.2) is 39.2 Å². The molecule has 0 amide bonds. The number of carbonyl (C=O) groups is 2. The van der Waals surface area contributed by atoms with Crippen LogP contribution >= 0.6 is 8.15 Å². The Balaban J connectivity index is 0. The SMILES string of the molecule is CC.CC(=O)O.CC(N)CCP(O)Cc1cccc(C(=O)O)c1. The molecule has 0 aromatic heterocycles. The number of aromatic carboxylic acids is 1. The summed E-state index contributed by atoms with van der Waals surface area (Å²) < 4.78 is 0. The van der Waals surface area contributed by atoms with Gasteiger partial charge < -0.3 is 20.8 Å². The van der Waals surface area contributed by atoms with Crippen molar-refractivity contribution in [2.24, 2.45) is 5.73 Å². The van der Waals surface area contributed by atoms with Crippen molar-refractivity contribution >= 4 is 20.1 Å². The zero-order valence-electron chi connectivity index (χ0n) is 14.2. The van der Waals surface area contributed by atoms with Crippen LogP contribution in [0.25, 0.3) is 0 Å². The van der Waals surface area contributed by atoms with Gasteiger partial charge in [-0.15, -0.1) is 0 Å². The molecule has 1 aromatic carbocycles. The topological polar surface area (TPSA) is 121 Å². The van der Waals surface area contributed by atoms with Gasteiger partial charge in [0.05, 0.1) is 5.56 Å². The first-order valence-electron chi connectivity index (χ1n) is 7.43. The highest BCUT2D eigenvalue weighted by atomic mass is 31.1. The standard InChI is InChI=1S/C12H18NO3P.C2H4O2.C2H6/c1-9(13)5-6-17(16)8-10-3-2-4-11(7-10)12(14)15;1-2(3)4;1-2/h2-4,7,9,16H,5-6,8,13H2,1H3,(H,14,15);1H3,(H,3,4);1-2H3. The van der Waals surface area contributed by atoms with E-state index in [-0.39, 0.29) is 11.6 Å². The third-order valence-electron chi connectivity index (χ3n) is 2.38. The van der Waals surface area contributed by atoms with Crippen LogP contribution in [0.3, 0.4) is 0 Å². The van der Waals surface area contributed by atoms with Crippen LogP contribution in [0, 0.1) is 0 Å². The first-order valence-corrected chi connectivity index (χ1v) is 9.10. The average Bonchev–Trinajstić information content (AvgIpc) is 2.47. The minimum Gasteiger partial charge on any atom is -0.481 e. The second-order valence-corrected chi connectivity index (χ2v) is 6.46. The fraction of sp³-hybridized carbons (Fsp3) is 0.500. The lowest BCUT2D eigenvalue weighted by Crippen LogP contribution is -2.15. The molecule has 0 bridgehead atoms. The predicted octanol–water partition coefficient (Wildman–Crippen LogP) is 3.13. The molecule has 132 valence electrons. The summed E-state index contributed by atoms with van der Waals surface area (Å²) in [6, 6.07) is 6.79. The molecule has 0 aliphatic rings. The highest BCUT2D eigenvalue weighted by molar-refractivity contribution is 7.50. The summed E-state index contributed by atoms with van der Waals surface area (Å²) >= 11 is 0. The normalized spacial score (nSPS) is 11.9. The summed E-state index contributed by atoms with van der Waals surface area (Å²) in [5.41, 5.74) is 6.75. The lowest BCUT2D eigenvalue weighted by atomic mass is 10.1. The Morgan fingerprint density at radius 2 is 1.78 bits per heavy atom. The van der Waals surface area contributed by atoms with Gasteiger partial charge in [-0.3, -0.25) is 4.79 Å². The summed E-state index contributed by atoms with van der Waals surface area (Å²) in [6.45, 7) is 6.99. The van der Waals surface area contributed by atoms with Gasteiger partial charge in [0.15, 0.2) is 0 Å². The summed E-state index contributed by atoms with van der Waals surface area (Å²) in [5, 5.41) is 16.3. The van der Waals surface area contributed by atoms with Crippen molar-refractivity contribution in [2.45, 2.75) is 46.3 Å². The van der Waals surface area contributed by atoms with Crippen LogP contribution in [0.15, 0.2) is 24.3 Å². The number of aliphatic carboxylic acids is 1. The van der Waals surface area contributed by atoms with E-state index in [9.17, 15) is 9.69 Å². The summed E-state index contributed by atoms with van der Waals surface area (Å²) in [6.07, 6.45) is 2.02. The Kier molecular flexibility index (Phi) is 14.6. The van der Waals surface area contributed by atoms with Gasteiger partial charge in [0.2, 0.25) is 0 Å². The molecular weight excluding hydrogens is 317 g/mol. The van der Waals surface area contributed by atoms with E-state index in [1.54, 1.807) is 18.2 Å². The van der Waals surface area contributed by atoms with Crippen molar-refractivity contribution in [1.29, 1.82) is 0 Å². The van der Waals surface area contributed by atoms with E-state index in [1.807, 2.05) is 26.8 Å². The van der Waals surface area contributed by atoms with E-state index < -0.39 is 20.1 Å². The molecular formula is C16H28NO5P. The maximum atomic E-state index is 10.8. The molecule has 2 atom stereocenters. The van der Waals surface area contributed by atoms with Gasteiger partial charge in [0.1, 0.15) is 0 Å². The van der Waals surface area contributed by atoms with E-state index in [1.165, 1.54) is 0 Å². The van der Waals surface area contributed by atoms with Crippen molar-refractivity contribution < 1.29 is 24.7 Å². The Labute approximate surface area is 139 Å². The minimum atomic E-state index is -1.09. The number of hydrogen-bond acceptors (Lipinski definition) is 4. The van der Waals surface area contributed by atoms with Gasteiger partial charge in [0, 0.05) is 27.3 Å². The molecule has 0 spiro atoms. The molecule has 0 radical (unpaired) electrons. The third kappa shape index (κ3) is 15.2. The Morgan fingerprint density at radius 3 is 2.22 bits per heavy atom. The van der Waals surface area contributed by atoms with Gasteiger partial charge in [0.25, 0.3) is 5.97 Å². The van der Waals surface area contributed by atoms with Crippen LogP contribution < -0.4 is 5.73 Å². The van der Waals surface area contributed by atoms with Gasteiger partial charge in [-0.2, -0.15) is 0 Å². The van der Waals surface area contributed by atoms with E-state index in [4.69, 9.17) is 20.7 Å². The quantitative estimate of drug-likeness (QED) is 0.588. The predicted molar refractivity (Wildman–Crippen MR) is 94.0 cm³/mol. The number of carboxylic acids is 2. The zero-order chi connectivity index (χ0) is 18.4. The van der Waals surface area contributed by atoms with E-state index in [0.29, 0.717) is 12.3 Å². The summed E-state index contributed by atoms with van der Waals surface area (Å²) in [7, 11) is -1.09. The molecule has 7 heteroatoms. The highest BCUT2D eigenvalue weighted by Gasteiger charge is 2.09. The Bertz CT molecular complexity index is 462. The van der Waals surface area contributed by atoms with Gasteiger partial charge in [-0.05, 0) is 37.2 Å². The summed E-state index contributed by atoms with van der Waals surface area (Å²) in [4.78, 5) is 29.6. The second kappa shape index (κ2) is 14.1. The Morgan fingerprint density at radius 1 is 1.26 bits per heavy atom. The zero-order valence-corrected chi connectivity index (χ0v) is 15.1. The first kappa shape index (κ1) is 23.8. The van der Waals surface area contributed by atoms with E-state index >= 15 is 0 Å². The maximum Gasteiger partial charge on any atom is 0.335 e. The summed E-state index contributed by atoms with van der Waals surface area (Å²) in [5.74, 6) is -1.77. The molecule has 1 aromatic rings. The number of rotatable bonds is 6. The van der Waals surface area contributed by atoms with E-state index in [0.717, 1.165) is 18.9 Å². The molecule has 0 aliphatic heterocycles. The molecule has 0 heterocycles. The van der Waals surface area contributed by atoms with Gasteiger partial charge in [-0.1, -0.05) is 26.0 Å². The molecule has 0 saturated heterocycles. The number of hydrogen-bond donors (Lipinski definition) is 4. The molecule has 1 rings (SSSR count). The minimum absolute atomic E-state index is 0.0949. The fourth-order valence-corrected chi connectivity index (χ4v) is 2.93. The fourth-order valence-electron chi connectivity index (χ4n) is 1.45. The molecule has 23 heavy (non-hydrogen) atoms. The van der Waals surface area contributed by atoms with Crippen molar-refractivity contribution in [3.05, 3.63) is 35.4 Å². The van der Waals surface area contributed by atoms with Crippen LogP contribution in [0.1, 0.15) is 50.0 Å². The molecule has 2 unspecified atom stereocenters. The molecule has 5 N–H and O–H groups in total. The van der Waals surface area contributed by atoms with Crippen molar-refractivity contribution in [2.75, 3.05) is 6.16 Å². The lowest BCUT2D eigenvalue weighted by molar-refractivity contribution is -0.134. The van der Waals surface area contributed by atoms with Crippen LogP contribution in [0.5, 0.6) is 0 Å². The van der Waals surface area contributed by atoms with Gasteiger partial charge in [-0.25, -0.2) is 4.79 Å². The monoisotopic (exact) mass is 345 g/mol. The van der Waals surface area contributed by atoms with Crippen molar-refractivity contribution in [1.82, 2.24) is 0 Å². The lowest BCUT2D eigenvalue weighted by Gasteiger charge is -2.12. The number of nitrogens with two attached hydrogens (primary N) is 1. The smallest absolute Gasteiger partial charge is 0.335 e. The van der Waals surface area contributed by atoms with Crippen molar-refractivity contribution in [3.63, 3.8) is 0 Å². The highest BCUT2D eigenvalue weighted by Crippen LogP contribution is 2.35. The van der Waals surface area contributed by atoms with Crippen molar-refractivity contribution in [3.8, 4) is 0 Å². The second-order valence-electron chi connectivity index (χ2n) is 4.68. The largest absolute Gasteiger partial charge is 0.481 e. The Hall–Kier alpha value is -1.49. The van der Waals surface area contributed by atoms with Crippen LogP contribution in [-0.2, 0) is 11.0 Å². The molecule has 6 nitrogen and oxygen atoms in total. The molecule has 0 saturated carbocycles. The first-order chi connectivity index (χ1) is 10.7. The molecule has 0 aliphatic carbocycles. The van der Waals surface area contributed by atoms with Gasteiger partial charge >= 0.3 is 5.97 Å². The van der Waals surface area contributed by atoms with E-state index in [2.05, 4.69) is 0 Å². The molecule has 0 fully saturated rings. The average molecular weight is 345 g/mol. The van der Waals surface area contributed by atoms with Crippen LogP contribution in [0.2, 0.25) is 0 Å². The number of benzene rings is 1. The number of carboxylic acid groups (broad SMARTS) is 2. The van der Waals surface area contributed by atoms with Crippen LogP contribution in [0.4, 0.5) is 0 Å². The third-order valence-corrected chi connectivity index (χ3v) is 3.89.